The Balaban J connectivity index is 0.790. The lowest BCUT2D eigenvalue weighted by Crippen LogP contribution is -2.37. The van der Waals surface area contributed by atoms with Gasteiger partial charge in [0, 0.05) is 80.7 Å². The van der Waals surface area contributed by atoms with E-state index in [4.69, 9.17) is 14.4 Å². The standard InChI is InChI=1S/C70H54N2OS2/c1-3-50-68(43-17-8-5-9-18-43)71-70(49-27-31-54-53-21-12-13-24-63(53)75-66(54)40-49)72-69(50)55-22-14-23-62-67(55)60-38-45(28-32-61(60)73-62)47-30-34-65-59(37-47)58-36-46(29-33-64(58)74-65)44-25-26-48-39-56(41(2)42-15-6-4-7-16-42)51-19-10-11-20-52(51)57(48)35-44/h4-13,15-17,19-22,24-38,40-41,43,50,56,68H,3,14,18,23,39H2,1-2H3. The molecule has 4 heterocycles. The Morgan fingerprint density at radius 3 is 2.12 bits per heavy atom. The number of hydrogen-bond acceptors (Lipinski definition) is 5. The fraction of sp³-hybridized carbons (Fsp3) is 0.171. The quantitative estimate of drug-likeness (QED) is 0.149. The molecule has 0 fully saturated rings. The van der Waals surface area contributed by atoms with Crippen molar-refractivity contribution in [3.63, 3.8) is 0 Å². The molecule has 0 saturated heterocycles. The highest BCUT2D eigenvalue weighted by molar-refractivity contribution is 7.26. The lowest BCUT2D eigenvalue weighted by atomic mass is 9.71. The maximum atomic E-state index is 6.82. The first-order chi connectivity index (χ1) is 37.0. The largest absolute Gasteiger partial charge is 0.460 e. The van der Waals surface area contributed by atoms with Crippen LogP contribution in [-0.4, -0.2) is 17.6 Å². The second-order valence-electron chi connectivity index (χ2n) is 21.2. The topological polar surface area (TPSA) is 37.9 Å². The Kier molecular flexibility index (Phi) is 10.7. The number of nitrogens with zero attached hydrogens (tertiary/aromatic N) is 2. The van der Waals surface area contributed by atoms with Gasteiger partial charge in [0.25, 0.3) is 0 Å². The first kappa shape index (κ1) is 44.8. The highest BCUT2D eigenvalue weighted by Gasteiger charge is 2.38. The van der Waals surface area contributed by atoms with Gasteiger partial charge in [-0.15, -0.1) is 22.7 Å². The zero-order valence-electron chi connectivity index (χ0n) is 42.1. The van der Waals surface area contributed by atoms with E-state index in [1.165, 1.54) is 102 Å². The maximum Gasteiger partial charge on any atom is 0.155 e. The van der Waals surface area contributed by atoms with Crippen molar-refractivity contribution < 1.29 is 4.42 Å². The molecule has 0 N–H and O–H groups in total. The molecule has 5 unspecified atom stereocenters. The number of fused-ring (bicyclic) bond motifs is 12. The van der Waals surface area contributed by atoms with Gasteiger partial charge in [-0.3, -0.25) is 4.99 Å². The molecule has 3 aliphatic carbocycles. The van der Waals surface area contributed by atoms with Gasteiger partial charge in [-0.25, -0.2) is 4.99 Å². The van der Waals surface area contributed by atoms with Crippen LogP contribution in [0, 0.1) is 11.8 Å². The van der Waals surface area contributed by atoms with Gasteiger partial charge in [-0.05, 0) is 142 Å². The minimum Gasteiger partial charge on any atom is -0.460 e. The molecule has 4 aliphatic rings. The fourth-order valence-electron chi connectivity index (χ4n) is 13.2. The van der Waals surface area contributed by atoms with Crippen molar-refractivity contribution in [1.82, 2.24) is 0 Å². The average Bonchev–Trinajstić information content (AvgIpc) is 4.20. The molecular formula is C70H54N2OS2. The predicted molar refractivity (Wildman–Crippen MR) is 320 cm³/mol. The molecule has 0 bridgehead atoms. The van der Waals surface area contributed by atoms with E-state index < -0.39 is 0 Å². The van der Waals surface area contributed by atoms with Crippen LogP contribution in [-0.2, 0) is 12.8 Å². The smallest absolute Gasteiger partial charge is 0.155 e. The molecule has 15 rings (SSSR count). The highest BCUT2D eigenvalue weighted by atomic mass is 32.1. The monoisotopic (exact) mass is 1000 g/mol. The van der Waals surface area contributed by atoms with E-state index >= 15 is 0 Å². The Hall–Kier alpha value is -7.70. The van der Waals surface area contributed by atoms with Crippen molar-refractivity contribution >= 4 is 91.1 Å². The molecule has 8 aromatic carbocycles. The molecule has 75 heavy (non-hydrogen) atoms. The van der Waals surface area contributed by atoms with Crippen LogP contribution in [0.3, 0.4) is 0 Å². The molecule has 1 aliphatic heterocycles. The summed E-state index contributed by atoms with van der Waals surface area (Å²) in [6.07, 6.45) is 16.2. The van der Waals surface area contributed by atoms with E-state index in [2.05, 4.69) is 214 Å². The van der Waals surface area contributed by atoms with Gasteiger partial charge in [0.2, 0.25) is 0 Å². The van der Waals surface area contributed by atoms with E-state index in [0.29, 0.717) is 17.8 Å². The Labute approximate surface area is 445 Å². The summed E-state index contributed by atoms with van der Waals surface area (Å²) < 4.78 is 12.0. The molecule has 5 atom stereocenters. The summed E-state index contributed by atoms with van der Waals surface area (Å²) >= 11 is 3.73. The van der Waals surface area contributed by atoms with Crippen LogP contribution >= 0.6 is 22.7 Å². The van der Waals surface area contributed by atoms with Gasteiger partial charge in [0.15, 0.2) is 5.84 Å². The molecule has 11 aromatic rings. The number of hydrogen-bond donors (Lipinski definition) is 0. The van der Waals surface area contributed by atoms with E-state index in [1.807, 2.05) is 22.7 Å². The molecule has 0 saturated carbocycles. The first-order valence-electron chi connectivity index (χ1n) is 26.9. The summed E-state index contributed by atoms with van der Waals surface area (Å²) in [6, 6.07) is 64.0. The summed E-state index contributed by atoms with van der Waals surface area (Å²) in [5, 5.41) is 6.36. The summed E-state index contributed by atoms with van der Waals surface area (Å²) in [7, 11) is 0. The van der Waals surface area contributed by atoms with Gasteiger partial charge in [0.1, 0.15) is 11.3 Å². The second kappa shape index (κ2) is 18.0. The van der Waals surface area contributed by atoms with Crippen LogP contribution in [0.25, 0.3) is 90.3 Å². The minimum atomic E-state index is 0.0651. The van der Waals surface area contributed by atoms with Crippen molar-refractivity contribution in [1.29, 1.82) is 0 Å². The van der Waals surface area contributed by atoms with Crippen molar-refractivity contribution in [3.8, 4) is 33.4 Å². The Morgan fingerprint density at radius 1 is 0.613 bits per heavy atom. The van der Waals surface area contributed by atoms with Crippen LogP contribution in [0.1, 0.15) is 78.5 Å². The molecular weight excluding hydrogens is 949 g/mol. The van der Waals surface area contributed by atoms with Crippen LogP contribution in [0.15, 0.2) is 215 Å². The van der Waals surface area contributed by atoms with Gasteiger partial charge < -0.3 is 4.42 Å². The summed E-state index contributed by atoms with van der Waals surface area (Å²) in [5.41, 5.74) is 17.5. The second-order valence-corrected chi connectivity index (χ2v) is 23.4. The third-order valence-electron chi connectivity index (χ3n) is 17.1. The van der Waals surface area contributed by atoms with Crippen LogP contribution in [0.4, 0.5) is 0 Å². The number of allylic oxidation sites excluding steroid dienone is 5. The van der Waals surface area contributed by atoms with Crippen molar-refractivity contribution in [2.75, 3.05) is 0 Å². The van der Waals surface area contributed by atoms with Gasteiger partial charge in [-0.1, -0.05) is 159 Å². The number of thiophene rings is 2. The number of amidine groups is 1. The third kappa shape index (κ3) is 7.49. The molecule has 0 radical (unpaired) electrons. The summed E-state index contributed by atoms with van der Waals surface area (Å²) in [4.78, 5) is 11.3. The molecule has 0 amide bonds. The van der Waals surface area contributed by atoms with E-state index in [9.17, 15) is 0 Å². The van der Waals surface area contributed by atoms with Gasteiger partial charge >= 0.3 is 0 Å². The fourth-order valence-corrected chi connectivity index (χ4v) is 15.4. The van der Waals surface area contributed by atoms with E-state index in [-0.39, 0.29) is 12.0 Å². The molecule has 3 aromatic heterocycles. The van der Waals surface area contributed by atoms with Crippen LogP contribution in [0.2, 0.25) is 0 Å². The lowest BCUT2D eigenvalue weighted by molar-refractivity contribution is 0.411. The number of rotatable bonds is 8. The van der Waals surface area contributed by atoms with Gasteiger partial charge in [-0.2, -0.15) is 0 Å². The molecule has 362 valence electrons. The number of benzene rings is 8. The summed E-state index contributed by atoms with van der Waals surface area (Å²) in [5.74, 6) is 3.20. The number of aliphatic imine (C=N–C) groups is 2. The number of aryl methyl sites for hydroxylation is 1. The Bertz CT molecular complexity index is 4290. The predicted octanol–water partition coefficient (Wildman–Crippen LogP) is 19.4. The zero-order valence-corrected chi connectivity index (χ0v) is 43.7. The van der Waals surface area contributed by atoms with E-state index in [1.54, 1.807) is 0 Å². The minimum absolute atomic E-state index is 0.0651. The van der Waals surface area contributed by atoms with Crippen molar-refractivity contribution in [2.45, 2.75) is 63.8 Å². The average molecular weight is 1000 g/mol. The van der Waals surface area contributed by atoms with Crippen LogP contribution in [0.5, 0.6) is 0 Å². The number of furan rings is 1. The SMILES string of the molecule is CCC1C(C2=CCCc3oc4ccc(-c5ccc6sc7ccc(-c8ccc9c(c8)-c8ccccc8C(C(C)c8ccccc8)C9)cc7c6c5)cc4c32)=NC(c2ccc3c(c2)sc2ccccc23)=NC1C1C=CC=CC1. The highest BCUT2D eigenvalue weighted by Crippen LogP contribution is 2.49. The molecule has 3 nitrogen and oxygen atoms in total. The van der Waals surface area contributed by atoms with E-state index in [0.717, 1.165) is 65.9 Å². The third-order valence-corrected chi connectivity index (χ3v) is 19.4. The van der Waals surface area contributed by atoms with Gasteiger partial charge in [0.05, 0.1) is 11.8 Å². The maximum absolute atomic E-state index is 6.82. The first-order valence-corrected chi connectivity index (χ1v) is 28.6. The Morgan fingerprint density at radius 2 is 1.31 bits per heavy atom. The summed E-state index contributed by atoms with van der Waals surface area (Å²) in [6.45, 7) is 4.71. The molecule has 0 spiro atoms. The lowest BCUT2D eigenvalue weighted by Gasteiger charge is -2.35. The van der Waals surface area contributed by atoms with Crippen LogP contribution < -0.4 is 0 Å². The zero-order chi connectivity index (χ0) is 49.7. The van der Waals surface area contributed by atoms with Crippen molar-refractivity contribution in [2.24, 2.45) is 21.8 Å². The van der Waals surface area contributed by atoms with Crippen molar-refractivity contribution in [3.05, 3.63) is 234 Å². The molecule has 5 heteroatoms. The normalized spacial score (nSPS) is 19.5.